The highest BCUT2D eigenvalue weighted by molar-refractivity contribution is 6.40. The lowest BCUT2D eigenvalue weighted by molar-refractivity contribution is 0.0852. The topological polar surface area (TPSA) is 57.6 Å². The second-order valence-corrected chi connectivity index (χ2v) is 6.70. The van der Waals surface area contributed by atoms with Gasteiger partial charge in [0.2, 0.25) is 5.96 Å². The fraction of sp³-hybridized carbons (Fsp3) is 0.105. The summed E-state index contributed by atoms with van der Waals surface area (Å²) in [6, 6.07) is 12.7. The number of amides is 1. The third-order valence-corrected chi connectivity index (χ3v) is 4.81. The summed E-state index contributed by atoms with van der Waals surface area (Å²) >= 11 is 12.4. The number of para-hydroxylation sites is 1. The summed E-state index contributed by atoms with van der Waals surface area (Å²) in [6.45, 7) is 0.838. The number of halogens is 3. The molecule has 136 valence electrons. The Bertz CT molecular complexity index is 1070. The highest BCUT2D eigenvalue weighted by Gasteiger charge is 2.27. The third-order valence-electron chi connectivity index (χ3n) is 4.18. The van der Waals surface area contributed by atoms with Gasteiger partial charge in [-0.15, -0.1) is 0 Å². The number of benzene rings is 2. The van der Waals surface area contributed by atoms with Crippen LogP contribution in [0.4, 0.5) is 10.1 Å². The standard InChI is InChI=1S/C19H13Cl2FN4O/c20-12-3-1-4-13(21)17(12)25-19-23-9-10-26(19)18(27)16-8-7-11-14(22)5-2-6-15(11)24-16/h1-8H,9-10H2,(H,23,25). The van der Waals surface area contributed by atoms with E-state index in [1.165, 1.54) is 17.0 Å². The van der Waals surface area contributed by atoms with Crippen molar-refractivity contribution in [2.24, 2.45) is 4.99 Å². The van der Waals surface area contributed by atoms with E-state index in [1.54, 1.807) is 36.4 Å². The van der Waals surface area contributed by atoms with E-state index in [4.69, 9.17) is 23.2 Å². The van der Waals surface area contributed by atoms with Crippen molar-refractivity contribution in [1.82, 2.24) is 9.88 Å². The Morgan fingerprint density at radius 1 is 1.07 bits per heavy atom. The van der Waals surface area contributed by atoms with Gasteiger partial charge in [0.1, 0.15) is 11.5 Å². The van der Waals surface area contributed by atoms with Crippen LogP contribution in [0.25, 0.3) is 10.9 Å². The van der Waals surface area contributed by atoms with Crippen molar-refractivity contribution in [2.45, 2.75) is 0 Å². The van der Waals surface area contributed by atoms with Crippen LogP contribution in [0.5, 0.6) is 0 Å². The Balaban J connectivity index is 1.63. The van der Waals surface area contributed by atoms with E-state index in [9.17, 15) is 9.18 Å². The fourth-order valence-corrected chi connectivity index (χ4v) is 3.35. The Kier molecular flexibility index (Phi) is 4.68. The monoisotopic (exact) mass is 402 g/mol. The van der Waals surface area contributed by atoms with Crippen LogP contribution >= 0.6 is 23.2 Å². The molecule has 3 aromatic rings. The summed E-state index contributed by atoms with van der Waals surface area (Å²) in [4.78, 5) is 23.0. The van der Waals surface area contributed by atoms with E-state index in [2.05, 4.69) is 15.3 Å². The number of guanidine groups is 1. The maximum Gasteiger partial charge on any atom is 0.279 e. The number of nitrogens with zero attached hydrogens (tertiary/aromatic N) is 3. The predicted molar refractivity (Wildman–Crippen MR) is 105 cm³/mol. The number of hydrogen-bond acceptors (Lipinski definition) is 4. The molecule has 27 heavy (non-hydrogen) atoms. The van der Waals surface area contributed by atoms with Crippen molar-refractivity contribution in [1.29, 1.82) is 0 Å². The molecule has 0 saturated heterocycles. The summed E-state index contributed by atoms with van der Waals surface area (Å²) in [5, 5.41) is 4.23. The lowest BCUT2D eigenvalue weighted by atomic mass is 10.2. The largest absolute Gasteiger partial charge is 0.323 e. The smallest absolute Gasteiger partial charge is 0.279 e. The Morgan fingerprint density at radius 2 is 1.81 bits per heavy atom. The molecule has 1 amide bonds. The zero-order chi connectivity index (χ0) is 19.0. The van der Waals surface area contributed by atoms with Crippen molar-refractivity contribution in [2.75, 3.05) is 18.4 Å². The second-order valence-electron chi connectivity index (χ2n) is 5.89. The number of anilines is 1. The Labute approximate surface area is 164 Å². The average molecular weight is 403 g/mol. The number of pyridine rings is 1. The Hall–Kier alpha value is -2.70. The number of nitrogens with one attached hydrogen (secondary N) is 1. The molecule has 2 heterocycles. The highest BCUT2D eigenvalue weighted by atomic mass is 35.5. The van der Waals surface area contributed by atoms with Crippen LogP contribution in [0, 0.1) is 5.82 Å². The van der Waals surface area contributed by atoms with Crippen molar-refractivity contribution in [3.8, 4) is 0 Å². The number of carbonyl (C=O) groups is 1. The van der Waals surface area contributed by atoms with Crippen LogP contribution in [0.1, 0.15) is 10.5 Å². The quantitative estimate of drug-likeness (QED) is 0.680. The van der Waals surface area contributed by atoms with E-state index in [1.807, 2.05) is 0 Å². The molecule has 8 heteroatoms. The molecule has 0 unspecified atom stereocenters. The van der Waals surface area contributed by atoms with Gasteiger partial charge in [0.25, 0.3) is 5.91 Å². The van der Waals surface area contributed by atoms with E-state index in [0.717, 1.165) is 0 Å². The van der Waals surface area contributed by atoms with E-state index in [0.29, 0.717) is 45.7 Å². The first-order valence-electron chi connectivity index (χ1n) is 8.17. The zero-order valence-electron chi connectivity index (χ0n) is 13.9. The van der Waals surface area contributed by atoms with Gasteiger partial charge in [-0.1, -0.05) is 35.3 Å². The fourth-order valence-electron chi connectivity index (χ4n) is 2.86. The molecular formula is C19H13Cl2FN4O. The summed E-state index contributed by atoms with van der Waals surface area (Å²) in [5.74, 6) is -0.373. The van der Waals surface area contributed by atoms with Crippen LogP contribution < -0.4 is 5.32 Å². The van der Waals surface area contributed by atoms with Gasteiger partial charge in [-0.2, -0.15) is 0 Å². The third kappa shape index (κ3) is 3.34. The SMILES string of the molecule is O=C(c1ccc2c(F)cccc2n1)N1CCN=C1Nc1c(Cl)cccc1Cl. The predicted octanol–water partition coefficient (Wildman–Crippen LogP) is 4.60. The van der Waals surface area contributed by atoms with Gasteiger partial charge in [0.05, 0.1) is 27.8 Å². The van der Waals surface area contributed by atoms with Crippen molar-refractivity contribution in [3.63, 3.8) is 0 Å². The van der Waals surface area contributed by atoms with Crippen LogP contribution in [-0.2, 0) is 0 Å². The summed E-state index contributed by atoms with van der Waals surface area (Å²) in [6.07, 6.45) is 0. The van der Waals surface area contributed by atoms with Crippen LogP contribution in [0.3, 0.4) is 0 Å². The molecule has 2 aromatic carbocycles. The first-order valence-corrected chi connectivity index (χ1v) is 8.93. The minimum Gasteiger partial charge on any atom is -0.323 e. The molecule has 1 aromatic heterocycles. The van der Waals surface area contributed by atoms with E-state index in [-0.39, 0.29) is 17.4 Å². The van der Waals surface area contributed by atoms with Gasteiger partial charge < -0.3 is 5.32 Å². The van der Waals surface area contributed by atoms with Gasteiger partial charge in [-0.05, 0) is 36.4 Å². The Morgan fingerprint density at radius 3 is 2.59 bits per heavy atom. The molecule has 0 spiro atoms. The first-order chi connectivity index (χ1) is 13.0. The molecule has 1 N–H and O–H groups in total. The molecule has 0 saturated carbocycles. The maximum atomic E-state index is 13.8. The van der Waals surface area contributed by atoms with Crippen LogP contribution in [0.15, 0.2) is 53.5 Å². The molecule has 5 nitrogen and oxygen atoms in total. The van der Waals surface area contributed by atoms with Crippen molar-refractivity contribution < 1.29 is 9.18 Å². The maximum absolute atomic E-state index is 13.8. The summed E-state index contributed by atoms with van der Waals surface area (Å²) < 4.78 is 13.8. The molecule has 0 atom stereocenters. The van der Waals surface area contributed by atoms with Gasteiger partial charge in [-0.3, -0.25) is 14.7 Å². The summed E-state index contributed by atoms with van der Waals surface area (Å²) in [7, 11) is 0. The van der Waals surface area contributed by atoms with Crippen molar-refractivity contribution >= 4 is 51.7 Å². The number of carbonyl (C=O) groups excluding carboxylic acids is 1. The van der Waals surface area contributed by atoms with Gasteiger partial charge in [-0.25, -0.2) is 9.37 Å². The van der Waals surface area contributed by atoms with Gasteiger partial charge in [0.15, 0.2) is 0 Å². The number of rotatable bonds is 2. The molecule has 4 rings (SSSR count). The van der Waals surface area contributed by atoms with Crippen LogP contribution in [0.2, 0.25) is 10.0 Å². The second kappa shape index (κ2) is 7.13. The molecule has 1 aliphatic rings. The minimum atomic E-state index is -0.377. The van der Waals surface area contributed by atoms with Crippen LogP contribution in [-0.4, -0.2) is 34.8 Å². The molecule has 0 radical (unpaired) electrons. The normalized spacial score (nSPS) is 13.7. The molecule has 0 aliphatic carbocycles. The van der Waals surface area contributed by atoms with E-state index < -0.39 is 0 Å². The number of aliphatic imine (C=N–C) groups is 1. The summed E-state index contributed by atoms with van der Waals surface area (Å²) in [5.41, 5.74) is 1.10. The zero-order valence-corrected chi connectivity index (χ0v) is 15.4. The molecule has 1 aliphatic heterocycles. The number of hydrogen-bond donors (Lipinski definition) is 1. The molecule has 0 fully saturated rings. The van der Waals surface area contributed by atoms with E-state index >= 15 is 0 Å². The van der Waals surface area contributed by atoms with Gasteiger partial charge >= 0.3 is 0 Å². The lowest BCUT2D eigenvalue weighted by Crippen LogP contribution is -2.38. The molecular weight excluding hydrogens is 390 g/mol. The number of fused-ring (bicyclic) bond motifs is 1. The highest BCUT2D eigenvalue weighted by Crippen LogP contribution is 2.30. The molecule has 0 bridgehead atoms. The van der Waals surface area contributed by atoms with Crippen molar-refractivity contribution in [3.05, 3.63) is 70.1 Å². The minimum absolute atomic E-state index is 0.203. The average Bonchev–Trinajstić information content (AvgIpc) is 3.12. The lowest BCUT2D eigenvalue weighted by Gasteiger charge is -2.20. The van der Waals surface area contributed by atoms with Gasteiger partial charge in [0, 0.05) is 11.9 Å². The number of aromatic nitrogens is 1. The first kappa shape index (κ1) is 17.7.